The van der Waals surface area contributed by atoms with E-state index in [0.29, 0.717) is 12.2 Å². The van der Waals surface area contributed by atoms with E-state index in [9.17, 15) is 5.11 Å². The molecule has 1 aromatic carbocycles. The van der Waals surface area contributed by atoms with Crippen molar-refractivity contribution in [3.05, 3.63) is 29.8 Å². The van der Waals surface area contributed by atoms with Gasteiger partial charge >= 0.3 is 0 Å². The van der Waals surface area contributed by atoms with Gasteiger partial charge in [-0.1, -0.05) is 25.1 Å². The average Bonchev–Trinajstić information content (AvgIpc) is 2.32. The van der Waals surface area contributed by atoms with Gasteiger partial charge in [0.2, 0.25) is 0 Å². The largest absolute Gasteiger partial charge is 0.398 e. The fourth-order valence-corrected chi connectivity index (χ4v) is 2.40. The molecule has 0 aliphatic carbocycles. The number of nitrogens with two attached hydrogens (primary N) is 1. The molecular weight excluding hydrogens is 212 g/mol. The van der Waals surface area contributed by atoms with Gasteiger partial charge in [0.25, 0.3) is 0 Å². The van der Waals surface area contributed by atoms with Crippen LogP contribution >= 0.6 is 0 Å². The number of piperidine rings is 1. The molecule has 3 N–H and O–H groups in total. The number of rotatable bonds is 3. The summed E-state index contributed by atoms with van der Waals surface area (Å²) in [6.07, 6.45) is 2.00. The van der Waals surface area contributed by atoms with Crippen molar-refractivity contribution in [3.8, 4) is 0 Å². The van der Waals surface area contributed by atoms with Gasteiger partial charge in [0.15, 0.2) is 0 Å². The lowest BCUT2D eigenvalue weighted by Gasteiger charge is -2.31. The van der Waals surface area contributed by atoms with E-state index >= 15 is 0 Å². The molecule has 1 heterocycles. The highest BCUT2D eigenvalue weighted by molar-refractivity contribution is 5.47. The molecule has 1 atom stereocenters. The second-order valence-corrected chi connectivity index (χ2v) is 5.13. The molecule has 0 bridgehead atoms. The number of aliphatic hydroxyl groups is 1. The van der Waals surface area contributed by atoms with Crippen LogP contribution in [0.2, 0.25) is 0 Å². The first-order chi connectivity index (χ1) is 8.16. The predicted octanol–water partition coefficient (Wildman–Crippen LogP) is 2.03. The van der Waals surface area contributed by atoms with Crippen molar-refractivity contribution in [1.82, 2.24) is 4.90 Å². The lowest BCUT2D eigenvalue weighted by molar-refractivity contribution is 0.0920. The third-order valence-electron chi connectivity index (χ3n) is 3.66. The van der Waals surface area contributed by atoms with E-state index in [1.165, 1.54) is 12.8 Å². The average molecular weight is 234 g/mol. The van der Waals surface area contributed by atoms with Gasteiger partial charge in [0.1, 0.15) is 0 Å². The van der Waals surface area contributed by atoms with Crippen molar-refractivity contribution in [1.29, 1.82) is 0 Å². The molecule has 0 amide bonds. The van der Waals surface area contributed by atoms with Gasteiger partial charge in [-0.3, -0.25) is 0 Å². The lowest BCUT2D eigenvalue weighted by atomic mass is 9.98. The number of nitrogens with zero attached hydrogens (tertiary/aromatic N) is 1. The molecule has 0 radical (unpaired) electrons. The van der Waals surface area contributed by atoms with Crippen molar-refractivity contribution in [3.63, 3.8) is 0 Å². The molecule has 3 nitrogen and oxygen atoms in total. The molecule has 2 rings (SSSR count). The molecule has 1 aliphatic rings. The minimum absolute atomic E-state index is 0.468. The van der Waals surface area contributed by atoms with Crippen LogP contribution in [-0.2, 0) is 0 Å². The number of β-amino-alcohol motifs (C(OH)–C–C–N with tert-alkyl or cyclic N) is 1. The number of aliphatic hydroxyl groups excluding tert-OH is 1. The zero-order valence-corrected chi connectivity index (χ0v) is 10.5. The minimum atomic E-state index is -0.468. The van der Waals surface area contributed by atoms with Gasteiger partial charge in [-0.05, 0) is 37.9 Å². The molecule has 1 saturated heterocycles. The van der Waals surface area contributed by atoms with E-state index in [2.05, 4.69) is 11.8 Å². The molecule has 1 aromatic rings. The Morgan fingerprint density at radius 2 is 2.00 bits per heavy atom. The topological polar surface area (TPSA) is 49.5 Å². The van der Waals surface area contributed by atoms with Gasteiger partial charge in [0, 0.05) is 17.8 Å². The molecule has 0 saturated carbocycles. The number of para-hydroxylation sites is 1. The molecule has 1 unspecified atom stereocenters. The zero-order valence-electron chi connectivity index (χ0n) is 10.5. The summed E-state index contributed by atoms with van der Waals surface area (Å²) in [5.41, 5.74) is 7.41. The summed E-state index contributed by atoms with van der Waals surface area (Å²) in [5, 5.41) is 10.2. The number of nitrogen functional groups attached to an aromatic ring is 1. The van der Waals surface area contributed by atoms with Crippen LogP contribution in [-0.4, -0.2) is 29.6 Å². The van der Waals surface area contributed by atoms with Gasteiger partial charge in [0.05, 0.1) is 6.10 Å². The van der Waals surface area contributed by atoms with Crippen LogP contribution in [0.4, 0.5) is 5.69 Å². The maximum atomic E-state index is 10.2. The first-order valence-corrected chi connectivity index (χ1v) is 6.41. The summed E-state index contributed by atoms with van der Waals surface area (Å²) in [6.45, 7) is 5.17. The minimum Gasteiger partial charge on any atom is -0.398 e. The first kappa shape index (κ1) is 12.4. The Hall–Kier alpha value is -1.06. The first-order valence-electron chi connectivity index (χ1n) is 6.41. The Kier molecular flexibility index (Phi) is 4.02. The van der Waals surface area contributed by atoms with Gasteiger partial charge < -0.3 is 15.7 Å². The van der Waals surface area contributed by atoms with E-state index in [1.807, 2.05) is 24.3 Å². The highest BCUT2D eigenvalue weighted by Gasteiger charge is 2.19. The van der Waals surface area contributed by atoms with Crippen LogP contribution in [0.5, 0.6) is 0 Å². The summed E-state index contributed by atoms with van der Waals surface area (Å²) < 4.78 is 0. The van der Waals surface area contributed by atoms with Crippen molar-refractivity contribution in [2.75, 3.05) is 25.4 Å². The SMILES string of the molecule is CC1CCN(CC(O)c2ccccc2N)CC1. The molecule has 0 aromatic heterocycles. The Balaban J connectivity index is 1.93. The second-order valence-electron chi connectivity index (χ2n) is 5.13. The van der Waals surface area contributed by atoms with Crippen LogP contribution in [0, 0.1) is 5.92 Å². The number of likely N-dealkylation sites (tertiary alicyclic amines) is 1. The van der Waals surface area contributed by atoms with Gasteiger partial charge in [-0.2, -0.15) is 0 Å². The van der Waals surface area contributed by atoms with Crippen LogP contribution in [0.25, 0.3) is 0 Å². The van der Waals surface area contributed by atoms with E-state index < -0.39 is 6.10 Å². The second kappa shape index (κ2) is 5.52. The van der Waals surface area contributed by atoms with Gasteiger partial charge in [-0.25, -0.2) is 0 Å². The molecule has 1 fully saturated rings. The Bertz CT molecular complexity index is 359. The summed E-state index contributed by atoms with van der Waals surface area (Å²) in [4.78, 5) is 2.33. The fraction of sp³-hybridized carbons (Fsp3) is 0.571. The molecule has 1 aliphatic heterocycles. The van der Waals surface area contributed by atoms with E-state index in [1.54, 1.807) is 0 Å². The molecular formula is C14H22N2O. The number of benzene rings is 1. The Labute approximate surface area is 103 Å². The van der Waals surface area contributed by atoms with Crippen LogP contribution < -0.4 is 5.73 Å². The smallest absolute Gasteiger partial charge is 0.0936 e. The summed E-state index contributed by atoms with van der Waals surface area (Å²) in [5.74, 6) is 0.824. The monoisotopic (exact) mass is 234 g/mol. The number of anilines is 1. The normalized spacial score (nSPS) is 20.4. The molecule has 17 heavy (non-hydrogen) atoms. The highest BCUT2D eigenvalue weighted by atomic mass is 16.3. The third-order valence-corrected chi connectivity index (χ3v) is 3.66. The molecule has 94 valence electrons. The van der Waals surface area contributed by atoms with Crippen LogP contribution in [0.15, 0.2) is 24.3 Å². The van der Waals surface area contributed by atoms with Crippen LogP contribution in [0.3, 0.4) is 0 Å². The zero-order chi connectivity index (χ0) is 12.3. The van der Waals surface area contributed by atoms with Gasteiger partial charge in [-0.15, -0.1) is 0 Å². The van der Waals surface area contributed by atoms with Crippen molar-refractivity contribution >= 4 is 5.69 Å². The summed E-state index contributed by atoms with van der Waals surface area (Å²) in [6, 6.07) is 7.57. The molecule has 0 spiro atoms. The lowest BCUT2D eigenvalue weighted by Crippen LogP contribution is -2.36. The fourth-order valence-electron chi connectivity index (χ4n) is 2.40. The summed E-state index contributed by atoms with van der Waals surface area (Å²) >= 11 is 0. The predicted molar refractivity (Wildman–Crippen MR) is 70.7 cm³/mol. The maximum absolute atomic E-state index is 10.2. The quantitative estimate of drug-likeness (QED) is 0.787. The van der Waals surface area contributed by atoms with Crippen molar-refractivity contribution < 1.29 is 5.11 Å². The Morgan fingerprint density at radius 3 is 2.65 bits per heavy atom. The van der Waals surface area contributed by atoms with Crippen LogP contribution in [0.1, 0.15) is 31.4 Å². The Morgan fingerprint density at radius 1 is 1.35 bits per heavy atom. The summed E-state index contributed by atoms with van der Waals surface area (Å²) in [7, 11) is 0. The third kappa shape index (κ3) is 3.20. The van der Waals surface area contributed by atoms with Crippen molar-refractivity contribution in [2.45, 2.75) is 25.9 Å². The van der Waals surface area contributed by atoms with E-state index in [0.717, 1.165) is 24.6 Å². The van der Waals surface area contributed by atoms with E-state index in [4.69, 9.17) is 5.73 Å². The standard InChI is InChI=1S/C14H22N2O/c1-11-6-8-16(9-7-11)10-14(17)12-4-2-3-5-13(12)15/h2-5,11,14,17H,6-10,15H2,1H3. The maximum Gasteiger partial charge on any atom is 0.0936 e. The van der Waals surface area contributed by atoms with Crippen molar-refractivity contribution in [2.24, 2.45) is 5.92 Å². The number of hydrogen-bond acceptors (Lipinski definition) is 3. The highest BCUT2D eigenvalue weighted by Crippen LogP contribution is 2.23. The van der Waals surface area contributed by atoms with E-state index in [-0.39, 0.29) is 0 Å². The number of hydrogen-bond donors (Lipinski definition) is 2. The molecule has 3 heteroatoms.